The number of rotatable bonds is 4. The Bertz CT molecular complexity index is 1110. The normalized spacial score (nSPS) is 14.8. The number of hydrazine groups is 1. The molecule has 5 nitrogen and oxygen atoms in total. The van der Waals surface area contributed by atoms with Gasteiger partial charge in [0.25, 0.3) is 11.8 Å². The third kappa shape index (κ3) is 4.10. The number of carbonyl (C=O) groups is 2. The van der Waals surface area contributed by atoms with Gasteiger partial charge in [0.05, 0.1) is 0 Å². The SMILES string of the molecule is O=C(NN1C(=O)C(=Cc2ccccc2)N=C1c1ccccc1)c1ccc(Cl)cc1. The molecule has 0 saturated heterocycles. The predicted octanol–water partition coefficient (Wildman–Crippen LogP) is 4.31. The highest BCUT2D eigenvalue weighted by molar-refractivity contribution is 6.30. The van der Waals surface area contributed by atoms with Crippen LogP contribution >= 0.6 is 11.6 Å². The molecular formula is C23H16ClN3O2. The molecule has 1 N–H and O–H groups in total. The summed E-state index contributed by atoms with van der Waals surface area (Å²) in [6.45, 7) is 0. The van der Waals surface area contributed by atoms with Crippen molar-refractivity contribution >= 4 is 35.3 Å². The lowest BCUT2D eigenvalue weighted by atomic mass is 10.2. The summed E-state index contributed by atoms with van der Waals surface area (Å²) < 4.78 is 0. The van der Waals surface area contributed by atoms with Gasteiger partial charge in [-0.25, -0.2) is 4.99 Å². The molecule has 1 aliphatic rings. The number of aliphatic imine (C=N–C) groups is 1. The van der Waals surface area contributed by atoms with Crippen LogP contribution in [0, 0.1) is 0 Å². The summed E-state index contributed by atoms with van der Waals surface area (Å²) in [6.07, 6.45) is 1.69. The average Bonchev–Trinajstić information content (AvgIpc) is 3.05. The van der Waals surface area contributed by atoms with Crippen LogP contribution < -0.4 is 5.43 Å². The van der Waals surface area contributed by atoms with Crippen LogP contribution in [0.4, 0.5) is 0 Å². The summed E-state index contributed by atoms with van der Waals surface area (Å²) >= 11 is 5.89. The standard InChI is InChI=1S/C23H16ClN3O2/c24-19-13-11-18(12-14-19)22(28)26-27-21(17-9-5-2-6-10-17)25-20(23(27)29)15-16-7-3-1-4-8-16/h1-15H,(H,26,28). The van der Waals surface area contributed by atoms with Crippen molar-refractivity contribution < 1.29 is 9.59 Å². The van der Waals surface area contributed by atoms with E-state index in [0.29, 0.717) is 22.0 Å². The first-order valence-electron chi connectivity index (χ1n) is 8.94. The molecule has 142 valence electrons. The van der Waals surface area contributed by atoms with Gasteiger partial charge in [-0.15, -0.1) is 0 Å². The van der Waals surface area contributed by atoms with Gasteiger partial charge in [0.1, 0.15) is 5.70 Å². The summed E-state index contributed by atoms with van der Waals surface area (Å²) in [7, 11) is 0. The Kier molecular flexibility index (Phi) is 5.22. The largest absolute Gasteiger partial charge is 0.297 e. The molecule has 3 aromatic rings. The summed E-state index contributed by atoms with van der Waals surface area (Å²) in [5, 5.41) is 1.71. The molecule has 0 unspecified atom stereocenters. The molecule has 29 heavy (non-hydrogen) atoms. The van der Waals surface area contributed by atoms with E-state index in [2.05, 4.69) is 10.4 Å². The number of hydrogen-bond donors (Lipinski definition) is 1. The lowest BCUT2D eigenvalue weighted by Gasteiger charge is -2.19. The van der Waals surface area contributed by atoms with Gasteiger partial charge in [-0.2, -0.15) is 5.01 Å². The van der Waals surface area contributed by atoms with Crippen molar-refractivity contribution in [2.75, 3.05) is 0 Å². The first kappa shape index (κ1) is 18.7. The van der Waals surface area contributed by atoms with Crippen molar-refractivity contribution in [2.45, 2.75) is 0 Å². The van der Waals surface area contributed by atoms with E-state index in [0.717, 1.165) is 5.56 Å². The fourth-order valence-electron chi connectivity index (χ4n) is 2.88. The first-order chi connectivity index (χ1) is 14.1. The number of nitrogens with zero attached hydrogens (tertiary/aromatic N) is 2. The Morgan fingerprint density at radius 1 is 0.897 bits per heavy atom. The van der Waals surface area contributed by atoms with Crippen molar-refractivity contribution in [1.29, 1.82) is 0 Å². The Morgan fingerprint density at radius 3 is 2.17 bits per heavy atom. The number of amides is 2. The van der Waals surface area contributed by atoms with E-state index in [-0.39, 0.29) is 5.70 Å². The Balaban J connectivity index is 1.68. The van der Waals surface area contributed by atoms with Crippen LogP contribution in [0.3, 0.4) is 0 Å². The van der Waals surface area contributed by atoms with Crippen LogP contribution in [0.15, 0.2) is 95.6 Å². The zero-order valence-electron chi connectivity index (χ0n) is 15.2. The second-order valence-electron chi connectivity index (χ2n) is 6.33. The summed E-state index contributed by atoms with van der Waals surface area (Å²) in [6, 6.07) is 25.1. The molecule has 1 heterocycles. The van der Waals surface area contributed by atoms with Gasteiger partial charge >= 0.3 is 0 Å². The Labute approximate surface area is 172 Å². The van der Waals surface area contributed by atoms with E-state index in [1.54, 1.807) is 30.3 Å². The van der Waals surface area contributed by atoms with Crippen molar-refractivity contribution in [3.63, 3.8) is 0 Å². The van der Waals surface area contributed by atoms with Crippen molar-refractivity contribution in [3.8, 4) is 0 Å². The second-order valence-corrected chi connectivity index (χ2v) is 6.77. The average molecular weight is 402 g/mol. The smallest absolute Gasteiger partial charge is 0.267 e. The van der Waals surface area contributed by atoms with Gasteiger partial charge in [0.15, 0.2) is 5.84 Å². The fraction of sp³-hybridized carbons (Fsp3) is 0. The Morgan fingerprint density at radius 2 is 1.52 bits per heavy atom. The molecule has 0 aromatic heterocycles. The molecule has 0 spiro atoms. The molecule has 0 bridgehead atoms. The van der Waals surface area contributed by atoms with E-state index in [1.807, 2.05) is 60.7 Å². The summed E-state index contributed by atoms with van der Waals surface area (Å²) in [5.41, 5.74) is 4.85. The number of carbonyl (C=O) groups excluding carboxylic acids is 2. The quantitative estimate of drug-likeness (QED) is 0.662. The van der Waals surface area contributed by atoms with Crippen LogP contribution in [0.5, 0.6) is 0 Å². The lowest BCUT2D eigenvalue weighted by molar-refractivity contribution is -0.124. The van der Waals surface area contributed by atoms with Gasteiger partial charge in [0.2, 0.25) is 0 Å². The molecule has 0 atom stereocenters. The maximum absolute atomic E-state index is 13.0. The Hall–Kier alpha value is -3.70. The highest BCUT2D eigenvalue weighted by Gasteiger charge is 2.32. The van der Waals surface area contributed by atoms with Gasteiger partial charge in [-0.05, 0) is 35.9 Å². The highest BCUT2D eigenvalue weighted by atomic mass is 35.5. The molecule has 4 rings (SSSR count). The molecule has 6 heteroatoms. The molecule has 0 saturated carbocycles. The molecule has 1 aliphatic heterocycles. The number of nitrogens with one attached hydrogen (secondary N) is 1. The minimum atomic E-state index is -0.431. The van der Waals surface area contributed by atoms with Crippen LogP contribution in [0.1, 0.15) is 21.5 Å². The highest BCUT2D eigenvalue weighted by Crippen LogP contribution is 2.21. The van der Waals surface area contributed by atoms with Crippen molar-refractivity contribution in [2.24, 2.45) is 4.99 Å². The molecular weight excluding hydrogens is 386 g/mol. The number of amidine groups is 1. The topological polar surface area (TPSA) is 61.8 Å². The van der Waals surface area contributed by atoms with E-state index >= 15 is 0 Å². The third-order valence-corrected chi connectivity index (χ3v) is 4.57. The van der Waals surface area contributed by atoms with Crippen LogP contribution in [-0.2, 0) is 4.79 Å². The molecule has 0 radical (unpaired) electrons. The van der Waals surface area contributed by atoms with E-state index < -0.39 is 11.8 Å². The molecule has 3 aromatic carbocycles. The van der Waals surface area contributed by atoms with Crippen molar-refractivity contribution in [1.82, 2.24) is 10.4 Å². The zero-order valence-corrected chi connectivity index (χ0v) is 16.0. The number of benzene rings is 3. The summed E-state index contributed by atoms with van der Waals surface area (Å²) in [4.78, 5) is 30.2. The van der Waals surface area contributed by atoms with Gasteiger partial charge in [-0.3, -0.25) is 15.0 Å². The molecule has 2 amide bonds. The van der Waals surface area contributed by atoms with Crippen LogP contribution in [0.25, 0.3) is 6.08 Å². The van der Waals surface area contributed by atoms with Gasteiger partial charge in [0, 0.05) is 16.1 Å². The molecule has 0 fully saturated rings. The minimum absolute atomic E-state index is 0.242. The van der Waals surface area contributed by atoms with E-state index in [1.165, 1.54) is 5.01 Å². The van der Waals surface area contributed by atoms with Gasteiger partial charge in [-0.1, -0.05) is 72.3 Å². The third-order valence-electron chi connectivity index (χ3n) is 4.32. The van der Waals surface area contributed by atoms with E-state index in [4.69, 9.17) is 11.6 Å². The lowest BCUT2D eigenvalue weighted by Crippen LogP contribution is -2.47. The van der Waals surface area contributed by atoms with Crippen LogP contribution in [-0.4, -0.2) is 22.7 Å². The second kappa shape index (κ2) is 8.12. The predicted molar refractivity (Wildman–Crippen MR) is 113 cm³/mol. The maximum atomic E-state index is 13.0. The van der Waals surface area contributed by atoms with E-state index in [9.17, 15) is 9.59 Å². The molecule has 0 aliphatic carbocycles. The first-order valence-corrected chi connectivity index (χ1v) is 9.31. The van der Waals surface area contributed by atoms with Crippen molar-refractivity contribution in [3.05, 3.63) is 112 Å². The maximum Gasteiger partial charge on any atom is 0.297 e. The summed E-state index contributed by atoms with van der Waals surface area (Å²) in [5.74, 6) is -0.477. The zero-order chi connectivity index (χ0) is 20.2. The van der Waals surface area contributed by atoms with Gasteiger partial charge < -0.3 is 0 Å². The minimum Gasteiger partial charge on any atom is -0.267 e. The number of halogens is 1. The van der Waals surface area contributed by atoms with Crippen LogP contribution in [0.2, 0.25) is 5.02 Å². The number of hydrogen-bond acceptors (Lipinski definition) is 3. The fourth-order valence-corrected chi connectivity index (χ4v) is 3.00. The monoisotopic (exact) mass is 401 g/mol.